The first-order valence-electron chi connectivity index (χ1n) is 5.73. The molecule has 0 aliphatic carbocycles. The molecular weight excluding hydrogens is 184 g/mol. The molecule has 0 saturated carbocycles. The van der Waals surface area contributed by atoms with Gasteiger partial charge in [0.2, 0.25) is 0 Å². The second-order valence-electron chi connectivity index (χ2n) is 4.03. The molecule has 0 bridgehead atoms. The van der Waals surface area contributed by atoms with E-state index < -0.39 is 0 Å². The standard InChI is InChI=1S/C13H22N2/c1-3-9-15(2)10-8-12-6-4-5-7-13(12)11-14/h4-7H,3,8-11,14H2,1-2H3. The molecule has 0 aliphatic rings. The van der Waals surface area contributed by atoms with Gasteiger partial charge < -0.3 is 10.6 Å². The Morgan fingerprint density at radius 1 is 1.13 bits per heavy atom. The number of hydrogen-bond donors (Lipinski definition) is 1. The van der Waals surface area contributed by atoms with Crippen LogP contribution >= 0.6 is 0 Å². The van der Waals surface area contributed by atoms with Gasteiger partial charge in [0.1, 0.15) is 0 Å². The minimum Gasteiger partial charge on any atom is -0.326 e. The summed E-state index contributed by atoms with van der Waals surface area (Å²) in [5, 5.41) is 0. The third-order valence-electron chi connectivity index (χ3n) is 2.71. The Hall–Kier alpha value is -0.860. The predicted octanol–water partition coefficient (Wildman–Crippen LogP) is 2.03. The summed E-state index contributed by atoms with van der Waals surface area (Å²) in [5.74, 6) is 0. The second kappa shape index (κ2) is 6.59. The van der Waals surface area contributed by atoms with Crippen molar-refractivity contribution in [1.29, 1.82) is 0 Å². The smallest absolute Gasteiger partial charge is 0.0180 e. The van der Waals surface area contributed by atoms with Crippen LogP contribution in [0.4, 0.5) is 0 Å². The van der Waals surface area contributed by atoms with Gasteiger partial charge in [0.05, 0.1) is 0 Å². The highest BCUT2D eigenvalue weighted by atomic mass is 15.1. The van der Waals surface area contributed by atoms with Crippen LogP contribution in [-0.4, -0.2) is 25.0 Å². The average Bonchev–Trinajstić information content (AvgIpc) is 2.27. The van der Waals surface area contributed by atoms with Crippen LogP contribution in [0.5, 0.6) is 0 Å². The summed E-state index contributed by atoms with van der Waals surface area (Å²) in [6.45, 7) is 5.15. The molecule has 0 atom stereocenters. The normalized spacial score (nSPS) is 10.9. The fraction of sp³-hybridized carbons (Fsp3) is 0.538. The van der Waals surface area contributed by atoms with Gasteiger partial charge in [-0.1, -0.05) is 31.2 Å². The van der Waals surface area contributed by atoms with Gasteiger partial charge in [0, 0.05) is 13.1 Å². The summed E-state index contributed by atoms with van der Waals surface area (Å²) in [6.07, 6.45) is 2.32. The molecule has 0 heterocycles. The van der Waals surface area contributed by atoms with E-state index >= 15 is 0 Å². The molecule has 1 aromatic rings. The summed E-state index contributed by atoms with van der Waals surface area (Å²) < 4.78 is 0. The largest absolute Gasteiger partial charge is 0.326 e. The summed E-state index contributed by atoms with van der Waals surface area (Å²) in [7, 11) is 2.18. The Balaban J connectivity index is 2.49. The van der Waals surface area contributed by atoms with Crippen molar-refractivity contribution in [2.24, 2.45) is 5.73 Å². The van der Waals surface area contributed by atoms with Crippen molar-refractivity contribution < 1.29 is 0 Å². The van der Waals surface area contributed by atoms with Crippen LogP contribution in [0.25, 0.3) is 0 Å². The van der Waals surface area contributed by atoms with E-state index in [0.717, 1.165) is 13.0 Å². The number of hydrogen-bond acceptors (Lipinski definition) is 2. The molecule has 0 aromatic heterocycles. The van der Waals surface area contributed by atoms with Gasteiger partial charge in [-0.25, -0.2) is 0 Å². The van der Waals surface area contributed by atoms with E-state index in [0.29, 0.717) is 6.54 Å². The van der Waals surface area contributed by atoms with Crippen molar-refractivity contribution in [2.75, 3.05) is 20.1 Å². The highest BCUT2D eigenvalue weighted by Crippen LogP contribution is 2.09. The van der Waals surface area contributed by atoms with Crippen LogP contribution in [0.3, 0.4) is 0 Å². The molecule has 2 nitrogen and oxygen atoms in total. The fourth-order valence-corrected chi connectivity index (χ4v) is 1.81. The minimum absolute atomic E-state index is 0.646. The van der Waals surface area contributed by atoms with E-state index in [1.54, 1.807) is 0 Å². The number of nitrogens with zero attached hydrogens (tertiary/aromatic N) is 1. The van der Waals surface area contributed by atoms with Gasteiger partial charge in [0.15, 0.2) is 0 Å². The zero-order valence-corrected chi connectivity index (χ0v) is 9.87. The molecule has 1 rings (SSSR count). The summed E-state index contributed by atoms with van der Waals surface area (Å²) in [4.78, 5) is 2.37. The first-order chi connectivity index (χ1) is 7.27. The Kier molecular flexibility index (Phi) is 5.37. The Morgan fingerprint density at radius 3 is 2.40 bits per heavy atom. The van der Waals surface area contributed by atoms with Crippen molar-refractivity contribution in [3.05, 3.63) is 35.4 Å². The van der Waals surface area contributed by atoms with E-state index in [-0.39, 0.29) is 0 Å². The molecule has 0 fully saturated rings. The Morgan fingerprint density at radius 2 is 1.80 bits per heavy atom. The number of rotatable bonds is 6. The third-order valence-corrected chi connectivity index (χ3v) is 2.71. The Labute approximate surface area is 93.1 Å². The molecule has 0 unspecified atom stereocenters. The molecule has 15 heavy (non-hydrogen) atoms. The molecule has 0 radical (unpaired) electrons. The molecular formula is C13H22N2. The lowest BCUT2D eigenvalue weighted by molar-refractivity contribution is 0.339. The third kappa shape index (κ3) is 4.02. The van der Waals surface area contributed by atoms with Crippen molar-refractivity contribution in [2.45, 2.75) is 26.3 Å². The lowest BCUT2D eigenvalue weighted by atomic mass is 10.0. The molecule has 0 spiro atoms. The molecule has 84 valence electrons. The highest BCUT2D eigenvalue weighted by molar-refractivity contribution is 5.27. The summed E-state index contributed by atoms with van der Waals surface area (Å²) in [6, 6.07) is 8.45. The lowest BCUT2D eigenvalue weighted by Gasteiger charge is -2.16. The van der Waals surface area contributed by atoms with E-state index in [1.807, 2.05) is 0 Å². The van der Waals surface area contributed by atoms with Gasteiger partial charge in [0.25, 0.3) is 0 Å². The van der Waals surface area contributed by atoms with E-state index in [1.165, 1.54) is 24.1 Å². The second-order valence-corrected chi connectivity index (χ2v) is 4.03. The number of nitrogens with two attached hydrogens (primary N) is 1. The van der Waals surface area contributed by atoms with Crippen molar-refractivity contribution in [3.63, 3.8) is 0 Å². The van der Waals surface area contributed by atoms with Crippen molar-refractivity contribution in [1.82, 2.24) is 4.90 Å². The van der Waals surface area contributed by atoms with E-state index in [9.17, 15) is 0 Å². The zero-order chi connectivity index (χ0) is 11.1. The van der Waals surface area contributed by atoms with Gasteiger partial charge >= 0.3 is 0 Å². The van der Waals surface area contributed by atoms with Crippen LogP contribution in [0.15, 0.2) is 24.3 Å². The maximum absolute atomic E-state index is 5.70. The molecule has 0 aliphatic heterocycles. The van der Waals surface area contributed by atoms with Crippen LogP contribution in [0.1, 0.15) is 24.5 Å². The average molecular weight is 206 g/mol. The lowest BCUT2D eigenvalue weighted by Crippen LogP contribution is -2.22. The monoisotopic (exact) mass is 206 g/mol. The predicted molar refractivity (Wildman–Crippen MR) is 65.8 cm³/mol. The summed E-state index contributed by atoms with van der Waals surface area (Å²) >= 11 is 0. The maximum Gasteiger partial charge on any atom is 0.0180 e. The maximum atomic E-state index is 5.70. The molecule has 0 saturated heterocycles. The van der Waals surface area contributed by atoms with E-state index in [4.69, 9.17) is 5.73 Å². The molecule has 0 amide bonds. The van der Waals surface area contributed by atoms with Gasteiger partial charge in [-0.15, -0.1) is 0 Å². The first-order valence-corrected chi connectivity index (χ1v) is 5.73. The van der Waals surface area contributed by atoms with Crippen molar-refractivity contribution in [3.8, 4) is 0 Å². The quantitative estimate of drug-likeness (QED) is 0.771. The van der Waals surface area contributed by atoms with Gasteiger partial charge in [-0.3, -0.25) is 0 Å². The molecule has 1 aromatic carbocycles. The first kappa shape index (κ1) is 12.2. The highest BCUT2D eigenvalue weighted by Gasteiger charge is 2.01. The minimum atomic E-state index is 0.646. The van der Waals surface area contributed by atoms with Crippen molar-refractivity contribution >= 4 is 0 Å². The number of benzene rings is 1. The molecule has 2 heteroatoms. The SMILES string of the molecule is CCCN(C)CCc1ccccc1CN. The van der Waals surface area contributed by atoms with Gasteiger partial charge in [-0.05, 0) is 37.6 Å². The number of likely N-dealkylation sites (N-methyl/N-ethyl adjacent to an activating group) is 1. The summed E-state index contributed by atoms with van der Waals surface area (Å²) in [5.41, 5.74) is 8.37. The van der Waals surface area contributed by atoms with Crippen LogP contribution in [0.2, 0.25) is 0 Å². The fourth-order valence-electron chi connectivity index (χ4n) is 1.81. The van der Waals surface area contributed by atoms with E-state index in [2.05, 4.69) is 43.1 Å². The van der Waals surface area contributed by atoms with Crippen LogP contribution < -0.4 is 5.73 Å². The molecule has 2 N–H and O–H groups in total. The topological polar surface area (TPSA) is 29.3 Å². The Bertz CT molecular complexity index is 284. The van der Waals surface area contributed by atoms with Crippen LogP contribution in [0, 0.1) is 0 Å². The van der Waals surface area contributed by atoms with Crippen LogP contribution in [-0.2, 0) is 13.0 Å². The zero-order valence-electron chi connectivity index (χ0n) is 9.87. The van der Waals surface area contributed by atoms with Gasteiger partial charge in [-0.2, -0.15) is 0 Å².